The van der Waals surface area contributed by atoms with Crippen LogP contribution in [0.1, 0.15) is 27.0 Å². The van der Waals surface area contributed by atoms with E-state index in [1.807, 2.05) is 18.2 Å². The number of halogens is 4. The maximum atomic E-state index is 13.1. The molecule has 0 spiro atoms. The number of anilines is 1. The number of rotatable bonds is 6. The second kappa shape index (κ2) is 12.1. The van der Waals surface area contributed by atoms with Crippen molar-refractivity contribution in [1.29, 1.82) is 0 Å². The molecule has 2 N–H and O–H groups in total. The van der Waals surface area contributed by atoms with E-state index in [1.165, 1.54) is 19.2 Å². The molecule has 4 rings (SSSR count). The van der Waals surface area contributed by atoms with E-state index < -0.39 is 17.8 Å². The molecule has 0 unspecified atom stereocenters. The Bertz CT molecular complexity index is 1250. The summed E-state index contributed by atoms with van der Waals surface area (Å²) in [6.07, 6.45) is -4.06. The summed E-state index contributed by atoms with van der Waals surface area (Å²) in [4.78, 5) is 26.5. The van der Waals surface area contributed by atoms with Gasteiger partial charge >= 0.3 is 12.3 Å². The van der Waals surface area contributed by atoms with Gasteiger partial charge in [0, 0.05) is 37.4 Å². The van der Waals surface area contributed by atoms with Crippen LogP contribution in [0.2, 0.25) is 0 Å². The minimum absolute atomic E-state index is 0. The topological polar surface area (TPSA) is 70.7 Å². The highest BCUT2D eigenvalue weighted by atomic mass is 35.5. The third-order valence-corrected chi connectivity index (χ3v) is 6.13. The minimum Gasteiger partial charge on any atom is -0.453 e. The number of amides is 2. The van der Waals surface area contributed by atoms with Crippen molar-refractivity contribution in [1.82, 2.24) is 10.2 Å². The minimum atomic E-state index is -4.42. The molecule has 0 saturated heterocycles. The van der Waals surface area contributed by atoms with Gasteiger partial charge < -0.3 is 15.4 Å². The number of methoxy groups -OCH3 is 1. The van der Waals surface area contributed by atoms with Crippen LogP contribution in [0.3, 0.4) is 0 Å². The average molecular weight is 534 g/mol. The zero-order valence-corrected chi connectivity index (χ0v) is 20.9. The second-order valence-electron chi connectivity index (χ2n) is 8.50. The Morgan fingerprint density at radius 2 is 1.73 bits per heavy atom. The first-order chi connectivity index (χ1) is 17.2. The van der Waals surface area contributed by atoms with Crippen LogP contribution in [-0.4, -0.2) is 43.6 Å². The molecule has 2 amide bonds. The van der Waals surface area contributed by atoms with E-state index >= 15 is 0 Å². The molecule has 1 heterocycles. The molecule has 3 aromatic rings. The monoisotopic (exact) mass is 533 g/mol. The predicted molar refractivity (Wildman–Crippen MR) is 138 cm³/mol. The van der Waals surface area contributed by atoms with E-state index in [-0.39, 0.29) is 18.3 Å². The fraction of sp³-hybridized carbons (Fsp3) is 0.259. The SMILES string of the molecule is COC(=O)NCCN1CCc2cc(NC(=O)c3ccccc3-c3ccc(C(F)(F)F)cc3)ccc2C1.Cl. The molecule has 196 valence electrons. The molecular formula is C27H27ClF3N3O3. The zero-order valence-electron chi connectivity index (χ0n) is 20.1. The van der Waals surface area contributed by atoms with Crippen molar-refractivity contribution < 1.29 is 27.5 Å². The number of benzene rings is 3. The summed E-state index contributed by atoms with van der Waals surface area (Å²) >= 11 is 0. The molecule has 37 heavy (non-hydrogen) atoms. The quantitative estimate of drug-likeness (QED) is 0.422. The third-order valence-electron chi connectivity index (χ3n) is 6.13. The fourth-order valence-electron chi connectivity index (χ4n) is 4.24. The molecule has 0 saturated carbocycles. The normalized spacial score (nSPS) is 13.2. The zero-order chi connectivity index (χ0) is 25.7. The van der Waals surface area contributed by atoms with Crippen LogP contribution < -0.4 is 10.6 Å². The summed E-state index contributed by atoms with van der Waals surface area (Å²) in [5, 5.41) is 5.60. The van der Waals surface area contributed by atoms with Crippen molar-refractivity contribution in [3.63, 3.8) is 0 Å². The van der Waals surface area contributed by atoms with Crippen molar-refractivity contribution in [2.75, 3.05) is 32.1 Å². The number of nitrogens with one attached hydrogen (secondary N) is 2. The lowest BCUT2D eigenvalue weighted by Gasteiger charge is -2.29. The molecule has 0 radical (unpaired) electrons. The van der Waals surface area contributed by atoms with Crippen molar-refractivity contribution in [2.24, 2.45) is 0 Å². The van der Waals surface area contributed by atoms with Gasteiger partial charge in [-0.05, 0) is 59.0 Å². The number of carbonyl (C=O) groups excluding carboxylic acids is 2. The van der Waals surface area contributed by atoms with Crippen LogP contribution >= 0.6 is 12.4 Å². The maximum absolute atomic E-state index is 13.1. The van der Waals surface area contributed by atoms with Gasteiger partial charge in [0.25, 0.3) is 5.91 Å². The van der Waals surface area contributed by atoms with E-state index in [1.54, 1.807) is 24.3 Å². The fourth-order valence-corrected chi connectivity index (χ4v) is 4.24. The van der Waals surface area contributed by atoms with Gasteiger partial charge in [0.1, 0.15) is 0 Å². The molecule has 10 heteroatoms. The summed E-state index contributed by atoms with van der Waals surface area (Å²) in [5.74, 6) is -0.336. The predicted octanol–water partition coefficient (Wildman–Crippen LogP) is 5.76. The number of alkyl halides is 3. The van der Waals surface area contributed by atoms with Crippen LogP contribution in [0.4, 0.5) is 23.7 Å². The van der Waals surface area contributed by atoms with Gasteiger partial charge in [-0.2, -0.15) is 13.2 Å². The summed E-state index contributed by atoms with van der Waals surface area (Å²) in [5.41, 5.74) is 3.67. The van der Waals surface area contributed by atoms with Crippen LogP contribution in [0.5, 0.6) is 0 Å². The van der Waals surface area contributed by atoms with Gasteiger partial charge in [-0.1, -0.05) is 36.4 Å². The highest BCUT2D eigenvalue weighted by Gasteiger charge is 2.30. The number of fused-ring (bicyclic) bond motifs is 1. The smallest absolute Gasteiger partial charge is 0.416 e. The lowest BCUT2D eigenvalue weighted by atomic mass is 9.97. The average Bonchev–Trinajstić information content (AvgIpc) is 2.88. The molecule has 1 aliphatic rings. The van der Waals surface area contributed by atoms with E-state index in [2.05, 4.69) is 20.3 Å². The standard InChI is InChI=1S/C27H26F3N3O3.ClH/c1-36-26(35)31-13-15-33-14-12-19-16-22(11-8-20(19)17-33)32-25(34)24-5-3-2-4-23(24)18-6-9-21(10-7-18)27(28,29)30;/h2-11,16H,12-15,17H2,1H3,(H,31,35)(H,32,34);1H. The van der Waals surface area contributed by atoms with Gasteiger partial charge in [-0.15, -0.1) is 12.4 Å². The number of carbonyl (C=O) groups is 2. The Morgan fingerprint density at radius 1 is 1.00 bits per heavy atom. The van der Waals surface area contributed by atoms with Crippen LogP contribution in [-0.2, 0) is 23.9 Å². The number of hydrogen-bond acceptors (Lipinski definition) is 4. The maximum Gasteiger partial charge on any atom is 0.416 e. The van der Waals surface area contributed by atoms with E-state index in [0.717, 1.165) is 42.8 Å². The van der Waals surface area contributed by atoms with Crippen molar-refractivity contribution >= 4 is 30.1 Å². The number of ether oxygens (including phenoxy) is 1. The van der Waals surface area contributed by atoms with Gasteiger partial charge in [0.15, 0.2) is 0 Å². The Hall–Kier alpha value is -3.56. The summed E-state index contributed by atoms with van der Waals surface area (Å²) < 4.78 is 43.4. The molecule has 0 fully saturated rings. The molecule has 6 nitrogen and oxygen atoms in total. The summed E-state index contributed by atoms with van der Waals surface area (Å²) in [6, 6.07) is 17.4. The lowest BCUT2D eigenvalue weighted by molar-refractivity contribution is -0.137. The highest BCUT2D eigenvalue weighted by molar-refractivity contribution is 6.08. The Kier molecular flexibility index (Phi) is 9.18. The Morgan fingerprint density at radius 3 is 2.43 bits per heavy atom. The third kappa shape index (κ3) is 7.02. The highest BCUT2D eigenvalue weighted by Crippen LogP contribution is 2.32. The first kappa shape index (κ1) is 28.0. The number of nitrogens with zero attached hydrogens (tertiary/aromatic N) is 1. The summed E-state index contributed by atoms with van der Waals surface area (Å²) in [6.45, 7) is 2.76. The van der Waals surface area contributed by atoms with E-state index in [4.69, 9.17) is 0 Å². The summed E-state index contributed by atoms with van der Waals surface area (Å²) in [7, 11) is 1.33. The molecule has 0 bridgehead atoms. The lowest BCUT2D eigenvalue weighted by Crippen LogP contribution is -2.37. The molecule has 0 aromatic heterocycles. The van der Waals surface area contributed by atoms with Crippen LogP contribution in [0.25, 0.3) is 11.1 Å². The van der Waals surface area contributed by atoms with E-state index in [0.29, 0.717) is 35.5 Å². The largest absolute Gasteiger partial charge is 0.453 e. The second-order valence-corrected chi connectivity index (χ2v) is 8.50. The van der Waals surface area contributed by atoms with Gasteiger partial charge in [-0.25, -0.2) is 4.79 Å². The molecule has 1 aliphatic heterocycles. The van der Waals surface area contributed by atoms with Gasteiger partial charge in [-0.3, -0.25) is 9.69 Å². The molecule has 0 aliphatic carbocycles. The molecule has 0 atom stereocenters. The number of alkyl carbamates (subject to hydrolysis) is 1. The van der Waals surface area contributed by atoms with Crippen molar-refractivity contribution in [2.45, 2.75) is 19.1 Å². The van der Waals surface area contributed by atoms with Crippen LogP contribution in [0, 0.1) is 0 Å². The van der Waals surface area contributed by atoms with Crippen molar-refractivity contribution in [3.05, 3.63) is 89.0 Å². The first-order valence-electron chi connectivity index (χ1n) is 11.5. The first-order valence-corrected chi connectivity index (χ1v) is 11.5. The van der Waals surface area contributed by atoms with E-state index in [9.17, 15) is 22.8 Å². The Labute approximate surface area is 219 Å². The molecular weight excluding hydrogens is 507 g/mol. The van der Waals surface area contributed by atoms with Gasteiger partial charge in [0.05, 0.1) is 12.7 Å². The Balaban J connectivity index is 0.00000380. The van der Waals surface area contributed by atoms with Crippen molar-refractivity contribution in [3.8, 4) is 11.1 Å². The van der Waals surface area contributed by atoms with Crippen LogP contribution in [0.15, 0.2) is 66.7 Å². The number of hydrogen-bond donors (Lipinski definition) is 2. The molecule has 3 aromatic carbocycles. The van der Waals surface area contributed by atoms with Gasteiger partial charge in [0.2, 0.25) is 0 Å².